The number of nitrogens with one attached hydrogen (secondary N) is 2. The van der Waals surface area contributed by atoms with Crippen molar-refractivity contribution in [1.29, 1.82) is 0 Å². The summed E-state index contributed by atoms with van der Waals surface area (Å²) in [5.41, 5.74) is 5.08. The van der Waals surface area contributed by atoms with Crippen molar-refractivity contribution in [3.05, 3.63) is 16.7 Å². The monoisotopic (exact) mass is 239 g/mol. The maximum absolute atomic E-state index is 11.7. The fraction of sp³-hybridized carbons (Fsp3) is 0.500. The van der Waals surface area contributed by atoms with Crippen LogP contribution < -0.4 is 16.6 Å². The maximum atomic E-state index is 11.7. The number of carbonyl (C=O) groups is 1. The second-order valence-electron chi connectivity index (χ2n) is 3.41. The molecule has 0 aliphatic rings. The number of rotatable bonds is 5. The Morgan fingerprint density at radius 3 is 2.76 bits per heavy atom. The molecule has 0 spiro atoms. The fourth-order valence-electron chi connectivity index (χ4n) is 1.40. The molecule has 94 valence electrons. The number of aromatic nitrogens is 2. The van der Waals surface area contributed by atoms with E-state index >= 15 is 0 Å². The number of carbonyl (C=O) groups excluding carboxylic acids is 1. The fourth-order valence-corrected chi connectivity index (χ4v) is 1.40. The molecule has 1 aromatic rings. The van der Waals surface area contributed by atoms with E-state index < -0.39 is 5.56 Å². The third kappa shape index (κ3) is 3.20. The molecule has 0 fully saturated rings. The first-order chi connectivity index (χ1) is 8.10. The molecular weight excluding hydrogens is 222 g/mol. The summed E-state index contributed by atoms with van der Waals surface area (Å²) in [7, 11) is 0. The van der Waals surface area contributed by atoms with Gasteiger partial charge in [-0.05, 0) is 13.8 Å². The van der Waals surface area contributed by atoms with E-state index in [2.05, 4.69) is 15.3 Å². The van der Waals surface area contributed by atoms with Crippen LogP contribution in [0, 0.1) is 0 Å². The Balaban J connectivity index is 2.65. The molecule has 0 saturated heterocycles. The van der Waals surface area contributed by atoms with Gasteiger partial charge in [-0.1, -0.05) is 0 Å². The summed E-state index contributed by atoms with van der Waals surface area (Å²) in [6, 6.07) is 0. The Morgan fingerprint density at radius 1 is 1.53 bits per heavy atom. The first-order valence-electron chi connectivity index (χ1n) is 5.44. The zero-order valence-corrected chi connectivity index (χ0v) is 9.99. The minimum Gasteiger partial charge on any atom is -0.391 e. The summed E-state index contributed by atoms with van der Waals surface area (Å²) >= 11 is 0. The quantitative estimate of drug-likeness (QED) is 0.650. The molecule has 1 aromatic heterocycles. The molecule has 0 radical (unpaired) electrons. The lowest BCUT2D eigenvalue weighted by Crippen LogP contribution is -2.35. The highest BCUT2D eigenvalue weighted by Crippen LogP contribution is 2.06. The van der Waals surface area contributed by atoms with Gasteiger partial charge in [-0.15, -0.1) is 0 Å². The highest BCUT2D eigenvalue weighted by molar-refractivity contribution is 5.81. The molecule has 17 heavy (non-hydrogen) atoms. The van der Waals surface area contributed by atoms with Crippen LogP contribution in [0.4, 0.5) is 11.5 Å². The number of amides is 1. The lowest BCUT2D eigenvalue weighted by molar-refractivity contribution is -0.128. The molecule has 0 saturated carbocycles. The molecule has 0 unspecified atom stereocenters. The first-order valence-corrected chi connectivity index (χ1v) is 5.44. The number of nitrogens with two attached hydrogens (primary N) is 1. The van der Waals surface area contributed by atoms with Gasteiger partial charge in [0.2, 0.25) is 5.91 Å². The number of likely N-dealkylation sites (N-methyl/N-ethyl adjacent to an activating group) is 1. The van der Waals surface area contributed by atoms with Crippen molar-refractivity contribution in [2.24, 2.45) is 0 Å². The van der Waals surface area contributed by atoms with Crippen molar-refractivity contribution >= 4 is 17.4 Å². The van der Waals surface area contributed by atoms with Gasteiger partial charge in [-0.2, -0.15) is 0 Å². The number of aromatic amines is 1. The number of anilines is 2. The molecule has 4 N–H and O–H groups in total. The summed E-state index contributed by atoms with van der Waals surface area (Å²) < 4.78 is 0. The van der Waals surface area contributed by atoms with Gasteiger partial charge in [-0.3, -0.25) is 9.59 Å². The van der Waals surface area contributed by atoms with Crippen LogP contribution in [0.2, 0.25) is 0 Å². The van der Waals surface area contributed by atoms with Gasteiger partial charge in [0.1, 0.15) is 5.69 Å². The van der Waals surface area contributed by atoms with Crippen molar-refractivity contribution in [2.45, 2.75) is 13.8 Å². The Morgan fingerprint density at radius 2 is 2.18 bits per heavy atom. The van der Waals surface area contributed by atoms with Crippen molar-refractivity contribution in [2.75, 3.05) is 30.7 Å². The Bertz CT molecular complexity index is 439. The van der Waals surface area contributed by atoms with Gasteiger partial charge in [0, 0.05) is 13.1 Å². The van der Waals surface area contributed by atoms with E-state index in [4.69, 9.17) is 5.73 Å². The second kappa shape index (κ2) is 5.88. The Labute approximate surface area is 99.0 Å². The van der Waals surface area contributed by atoms with Crippen LogP contribution in [-0.4, -0.2) is 40.4 Å². The average Bonchev–Trinajstić information content (AvgIpc) is 2.32. The van der Waals surface area contributed by atoms with Gasteiger partial charge in [-0.25, -0.2) is 4.98 Å². The zero-order chi connectivity index (χ0) is 12.8. The van der Waals surface area contributed by atoms with Crippen molar-refractivity contribution in [1.82, 2.24) is 14.9 Å². The molecule has 0 bridgehead atoms. The summed E-state index contributed by atoms with van der Waals surface area (Å²) in [6.45, 7) is 5.18. The standard InChI is InChI=1S/C10H17N5O2/c1-3-15(4-2)7(16)5-12-9-8(11)10(17)14-6-13-9/h6H,3-5,11H2,1-2H3,(H2,12,13,14,17). The third-order valence-corrected chi connectivity index (χ3v) is 2.41. The number of hydrogen-bond acceptors (Lipinski definition) is 5. The Hall–Kier alpha value is -2.05. The van der Waals surface area contributed by atoms with E-state index in [1.165, 1.54) is 6.33 Å². The molecular formula is C10H17N5O2. The van der Waals surface area contributed by atoms with E-state index in [-0.39, 0.29) is 24.0 Å². The van der Waals surface area contributed by atoms with E-state index in [9.17, 15) is 9.59 Å². The Kier molecular flexibility index (Phi) is 4.50. The van der Waals surface area contributed by atoms with Crippen molar-refractivity contribution < 1.29 is 4.79 Å². The number of nitrogen functional groups attached to an aromatic ring is 1. The third-order valence-electron chi connectivity index (χ3n) is 2.41. The average molecular weight is 239 g/mol. The van der Waals surface area contributed by atoms with Crippen LogP contribution in [0.1, 0.15) is 13.8 Å². The molecule has 0 aromatic carbocycles. The van der Waals surface area contributed by atoms with Crippen molar-refractivity contribution in [3.63, 3.8) is 0 Å². The van der Waals surface area contributed by atoms with Crippen LogP contribution in [0.25, 0.3) is 0 Å². The van der Waals surface area contributed by atoms with Gasteiger partial charge in [0.05, 0.1) is 12.9 Å². The van der Waals surface area contributed by atoms with E-state index in [1.807, 2.05) is 13.8 Å². The van der Waals surface area contributed by atoms with Gasteiger partial charge < -0.3 is 20.9 Å². The minimum absolute atomic E-state index is 0.0140. The van der Waals surface area contributed by atoms with Crippen LogP contribution in [0.5, 0.6) is 0 Å². The van der Waals surface area contributed by atoms with Gasteiger partial charge in [0.15, 0.2) is 5.82 Å². The van der Waals surface area contributed by atoms with Crippen LogP contribution in [-0.2, 0) is 4.79 Å². The first kappa shape index (κ1) is 13.0. The predicted molar refractivity (Wildman–Crippen MR) is 65.7 cm³/mol. The van der Waals surface area contributed by atoms with Crippen LogP contribution in [0.15, 0.2) is 11.1 Å². The predicted octanol–water partition coefficient (Wildman–Crippen LogP) is -0.368. The number of H-pyrrole nitrogens is 1. The van der Waals surface area contributed by atoms with Crippen molar-refractivity contribution in [3.8, 4) is 0 Å². The van der Waals surface area contributed by atoms with E-state index in [1.54, 1.807) is 4.90 Å². The molecule has 1 rings (SSSR count). The lowest BCUT2D eigenvalue weighted by atomic mass is 10.4. The zero-order valence-electron chi connectivity index (χ0n) is 9.99. The largest absolute Gasteiger partial charge is 0.391 e. The highest BCUT2D eigenvalue weighted by atomic mass is 16.2. The maximum Gasteiger partial charge on any atom is 0.276 e. The van der Waals surface area contributed by atoms with Gasteiger partial charge >= 0.3 is 0 Å². The molecule has 7 nitrogen and oxygen atoms in total. The normalized spacial score (nSPS) is 10.0. The summed E-state index contributed by atoms with van der Waals surface area (Å²) in [5.74, 6) is 0.172. The number of hydrogen-bond donors (Lipinski definition) is 3. The number of nitrogens with zero attached hydrogens (tertiary/aromatic N) is 2. The second-order valence-corrected chi connectivity index (χ2v) is 3.41. The topological polar surface area (TPSA) is 104 Å². The molecule has 0 aliphatic heterocycles. The lowest BCUT2D eigenvalue weighted by Gasteiger charge is -2.18. The SMILES string of the molecule is CCN(CC)C(=O)CNc1nc[nH]c(=O)c1N. The summed E-state index contributed by atoms with van der Waals surface area (Å²) in [6.07, 6.45) is 1.24. The summed E-state index contributed by atoms with van der Waals surface area (Å²) in [4.78, 5) is 30.7. The van der Waals surface area contributed by atoms with Crippen LogP contribution in [0.3, 0.4) is 0 Å². The summed E-state index contributed by atoms with van der Waals surface area (Å²) in [5, 5.41) is 2.76. The molecule has 1 heterocycles. The van der Waals surface area contributed by atoms with Gasteiger partial charge in [0.25, 0.3) is 5.56 Å². The highest BCUT2D eigenvalue weighted by Gasteiger charge is 2.10. The van der Waals surface area contributed by atoms with E-state index in [0.29, 0.717) is 13.1 Å². The molecule has 1 amide bonds. The van der Waals surface area contributed by atoms with Crippen LogP contribution >= 0.6 is 0 Å². The van der Waals surface area contributed by atoms with E-state index in [0.717, 1.165) is 0 Å². The smallest absolute Gasteiger partial charge is 0.276 e. The minimum atomic E-state index is -0.419. The molecule has 0 atom stereocenters. The molecule has 0 aliphatic carbocycles. The molecule has 7 heteroatoms.